The number of ketones is 1. The lowest BCUT2D eigenvalue weighted by Gasteiger charge is -2.35. The fraction of sp³-hybridized carbons (Fsp3) is 0.353. The van der Waals surface area contributed by atoms with Gasteiger partial charge in [0, 0.05) is 17.0 Å². The molecule has 0 radical (unpaired) electrons. The molecule has 1 saturated heterocycles. The molecule has 8 nitrogen and oxygen atoms in total. The van der Waals surface area contributed by atoms with Crippen LogP contribution in [0.3, 0.4) is 0 Å². The van der Waals surface area contributed by atoms with Gasteiger partial charge in [0.25, 0.3) is 0 Å². The summed E-state index contributed by atoms with van der Waals surface area (Å²) in [5.74, 6) is 0.798. The number of aromatic nitrogens is 1. The van der Waals surface area contributed by atoms with Crippen molar-refractivity contribution in [1.29, 1.82) is 0 Å². The fourth-order valence-electron chi connectivity index (χ4n) is 5.36. The summed E-state index contributed by atoms with van der Waals surface area (Å²) < 4.78 is 23.4. The summed E-state index contributed by atoms with van der Waals surface area (Å²) in [4.78, 5) is 32.6. The Labute approximate surface area is 246 Å². The highest BCUT2D eigenvalue weighted by atomic mass is 16.6. The molecular weight excluding hydrogens is 532 g/mol. The van der Waals surface area contributed by atoms with Crippen LogP contribution >= 0.6 is 0 Å². The molecule has 1 amide bonds. The van der Waals surface area contributed by atoms with E-state index in [1.54, 1.807) is 30.2 Å². The van der Waals surface area contributed by atoms with Crippen molar-refractivity contribution in [2.75, 3.05) is 13.7 Å². The van der Waals surface area contributed by atoms with Gasteiger partial charge in [-0.1, -0.05) is 48.5 Å². The van der Waals surface area contributed by atoms with Crippen molar-refractivity contribution in [3.63, 3.8) is 0 Å². The average molecular weight is 571 g/mol. The van der Waals surface area contributed by atoms with Gasteiger partial charge in [-0.3, -0.25) is 9.69 Å². The highest BCUT2D eigenvalue weighted by Gasteiger charge is 2.46. The van der Waals surface area contributed by atoms with E-state index in [1.807, 2.05) is 89.2 Å². The van der Waals surface area contributed by atoms with Crippen molar-refractivity contribution in [3.8, 4) is 11.5 Å². The molecule has 0 bridgehead atoms. The quantitative estimate of drug-likeness (QED) is 0.232. The minimum absolute atomic E-state index is 0.214. The number of carbonyl (C=O) groups excluding carboxylic acids is 2. The first kappa shape index (κ1) is 29.2. The molecule has 0 saturated carbocycles. The SMILES string of the molecule is COc1ccc(C(=O)c2[nH]c3ccccc3c2CC2COC(C)(C)N2C(=O)OC(C)(C)C)c(OCc2ccccc2)c1. The Kier molecular flexibility index (Phi) is 8.01. The minimum Gasteiger partial charge on any atom is -0.497 e. The summed E-state index contributed by atoms with van der Waals surface area (Å²) >= 11 is 0. The number of methoxy groups -OCH3 is 1. The van der Waals surface area contributed by atoms with Gasteiger partial charge >= 0.3 is 6.09 Å². The minimum atomic E-state index is -0.863. The maximum Gasteiger partial charge on any atom is 0.412 e. The summed E-state index contributed by atoms with van der Waals surface area (Å²) in [5, 5.41) is 0.912. The lowest BCUT2D eigenvalue weighted by atomic mass is 9.97. The number of rotatable bonds is 8. The largest absolute Gasteiger partial charge is 0.497 e. The molecule has 0 spiro atoms. The molecule has 1 fully saturated rings. The van der Waals surface area contributed by atoms with Crippen molar-refractivity contribution >= 4 is 22.8 Å². The number of para-hydroxylation sites is 1. The topological polar surface area (TPSA) is 90.1 Å². The third-order valence-corrected chi connectivity index (χ3v) is 7.32. The molecule has 8 heteroatoms. The van der Waals surface area contributed by atoms with E-state index in [4.69, 9.17) is 18.9 Å². The Morgan fingerprint density at radius 2 is 1.74 bits per heavy atom. The Morgan fingerprint density at radius 1 is 1.02 bits per heavy atom. The second-order valence-corrected chi connectivity index (χ2v) is 12.0. The standard InChI is InChI=1S/C34H38N2O6/c1-33(2,3)42-32(38)36-23(21-41-34(36,4)5)18-27-25-14-10-11-15-28(25)35-30(27)31(37)26-17-16-24(39-6)19-29(26)40-20-22-12-8-7-9-13-22/h7-17,19,23,35H,18,20-21H2,1-6H3. The van der Waals surface area contributed by atoms with Crippen molar-refractivity contribution in [2.24, 2.45) is 0 Å². The Bertz CT molecular complexity index is 1580. The van der Waals surface area contributed by atoms with Crippen LogP contribution in [0.1, 0.15) is 61.8 Å². The van der Waals surface area contributed by atoms with E-state index in [0.29, 0.717) is 42.4 Å². The molecule has 1 aliphatic rings. The van der Waals surface area contributed by atoms with E-state index >= 15 is 0 Å². The van der Waals surface area contributed by atoms with Crippen LogP contribution in [0.4, 0.5) is 4.79 Å². The van der Waals surface area contributed by atoms with Crippen molar-refractivity contribution < 1.29 is 28.5 Å². The molecule has 5 rings (SSSR count). The van der Waals surface area contributed by atoms with Crippen LogP contribution in [0, 0.1) is 0 Å². The highest BCUT2D eigenvalue weighted by Crippen LogP contribution is 2.35. The first-order valence-electron chi connectivity index (χ1n) is 14.1. The number of fused-ring (bicyclic) bond motifs is 1. The maximum absolute atomic E-state index is 14.3. The number of benzene rings is 3. The summed E-state index contributed by atoms with van der Waals surface area (Å²) in [5.41, 5.74) is 1.95. The molecule has 4 aromatic rings. The Morgan fingerprint density at radius 3 is 2.45 bits per heavy atom. The van der Waals surface area contributed by atoms with Gasteiger partial charge in [0.2, 0.25) is 5.78 Å². The van der Waals surface area contributed by atoms with Crippen LogP contribution in [-0.2, 0) is 22.5 Å². The Hall–Kier alpha value is -4.30. The van der Waals surface area contributed by atoms with Gasteiger partial charge in [-0.05, 0) is 70.4 Å². The van der Waals surface area contributed by atoms with E-state index < -0.39 is 17.4 Å². The number of hydrogen-bond donors (Lipinski definition) is 1. The Balaban J connectivity index is 1.52. The normalized spacial score (nSPS) is 16.4. The van der Waals surface area contributed by atoms with Crippen molar-refractivity contribution in [2.45, 2.75) is 65.0 Å². The van der Waals surface area contributed by atoms with Gasteiger partial charge in [0.05, 0.1) is 31.0 Å². The number of amides is 1. The molecule has 1 N–H and O–H groups in total. The van der Waals surface area contributed by atoms with Crippen molar-refractivity contribution in [1.82, 2.24) is 9.88 Å². The third-order valence-electron chi connectivity index (χ3n) is 7.32. The summed E-state index contributed by atoms with van der Waals surface area (Å²) in [6.07, 6.45) is -0.0566. The molecular formula is C34H38N2O6. The van der Waals surface area contributed by atoms with Crippen LogP contribution in [0.15, 0.2) is 72.8 Å². The molecule has 2 heterocycles. The number of aromatic amines is 1. The highest BCUT2D eigenvalue weighted by molar-refractivity contribution is 6.13. The first-order chi connectivity index (χ1) is 20.0. The number of H-pyrrole nitrogens is 1. The summed E-state index contributed by atoms with van der Waals surface area (Å²) in [6, 6.07) is 22.4. The van der Waals surface area contributed by atoms with Gasteiger partial charge in [0.1, 0.15) is 29.4 Å². The molecule has 3 aromatic carbocycles. The van der Waals surface area contributed by atoms with Crippen LogP contribution in [0.25, 0.3) is 10.9 Å². The van der Waals surface area contributed by atoms with Crippen LogP contribution in [0.2, 0.25) is 0 Å². The molecule has 1 unspecified atom stereocenters. The number of nitrogens with zero attached hydrogens (tertiary/aromatic N) is 1. The predicted molar refractivity (Wildman–Crippen MR) is 161 cm³/mol. The van der Waals surface area contributed by atoms with E-state index in [2.05, 4.69) is 4.98 Å². The van der Waals surface area contributed by atoms with E-state index in [0.717, 1.165) is 22.0 Å². The van der Waals surface area contributed by atoms with E-state index in [1.165, 1.54) is 0 Å². The van der Waals surface area contributed by atoms with Crippen molar-refractivity contribution in [3.05, 3.63) is 95.2 Å². The van der Waals surface area contributed by atoms with Crippen LogP contribution in [0.5, 0.6) is 11.5 Å². The average Bonchev–Trinajstić information content (AvgIpc) is 3.47. The molecule has 1 aliphatic heterocycles. The number of carbonyl (C=O) groups is 2. The zero-order valence-electron chi connectivity index (χ0n) is 25.0. The smallest absolute Gasteiger partial charge is 0.412 e. The lowest BCUT2D eigenvalue weighted by Crippen LogP contribution is -2.50. The zero-order valence-corrected chi connectivity index (χ0v) is 25.0. The van der Waals surface area contributed by atoms with Gasteiger partial charge in [-0.15, -0.1) is 0 Å². The summed E-state index contributed by atoms with van der Waals surface area (Å²) in [7, 11) is 1.58. The summed E-state index contributed by atoms with van der Waals surface area (Å²) in [6.45, 7) is 9.84. The second kappa shape index (κ2) is 11.5. The zero-order chi connectivity index (χ0) is 30.1. The van der Waals surface area contributed by atoms with E-state index in [-0.39, 0.29) is 11.8 Å². The second-order valence-electron chi connectivity index (χ2n) is 12.0. The van der Waals surface area contributed by atoms with Gasteiger partial charge in [0.15, 0.2) is 0 Å². The predicted octanol–water partition coefficient (Wildman–Crippen LogP) is 6.90. The number of ether oxygens (including phenoxy) is 4. The number of hydrogen-bond acceptors (Lipinski definition) is 6. The lowest BCUT2D eigenvalue weighted by molar-refractivity contribution is -0.0624. The molecule has 1 atom stereocenters. The first-order valence-corrected chi connectivity index (χ1v) is 14.1. The monoisotopic (exact) mass is 570 g/mol. The molecule has 42 heavy (non-hydrogen) atoms. The van der Waals surface area contributed by atoms with Gasteiger partial charge in [-0.25, -0.2) is 4.79 Å². The van der Waals surface area contributed by atoms with Crippen LogP contribution in [-0.4, -0.2) is 52.8 Å². The fourth-order valence-corrected chi connectivity index (χ4v) is 5.36. The molecule has 220 valence electrons. The number of nitrogens with one attached hydrogen (secondary N) is 1. The van der Waals surface area contributed by atoms with E-state index in [9.17, 15) is 9.59 Å². The van der Waals surface area contributed by atoms with Gasteiger partial charge < -0.3 is 23.9 Å². The van der Waals surface area contributed by atoms with Gasteiger partial charge in [-0.2, -0.15) is 0 Å². The van der Waals surface area contributed by atoms with Crippen LogP contribution < -0.4 is 9.47 Å². The maximum atomic E-state index is 14.3. The third kappa shape index (κ3) is 6.14. The molecule has 0 aliphatic carbocycles. The molecule has 1 aromatic heterocycles.